The highest BCUT2D eigenvalue weighted by Gasteiger charge is 2.20. The van der Waals surface area contributed by atoms with Crippen LogP contribution in [0.2, 0.25) is 0 Å². The highest BCUT2D eigenvalue weighted by Crippen LogP contribution is 2.23. The molecule has 1 aliphatic rings. The Labute approximate surface area is 147 Å². The van der Waals surface area contributed by atoms with E-state index in [1.165, 1.54) is 12.8 Å². The number of benzene rings is 1. The van der Waals surface area contributed by atoms with E-state index in [2.05, 4.69) is 20.9 Å². The first-order chi connectivity index (χ1) is 11.7. The van der Waals surface area contributed by atoms with E-state index < -0.39 is 0 Å². The Balaban J connectivity index is 1.51. The summed E-state index contributed by atoms with van der Waals surface area (Å²) in [5, 5.41) is 9.35. The molecule has 0 spiro atoms. The first-order valence-corrected chi connectivity index (χ1v) is 9.30. The zero-order valence-corrected chi connectivity index (χ0v) is 14.8. The van der Waals surface area contributed by atoms with E-state index in [0.29, 0.717) is 5.92 Å². The average molecular weight is 344 g/mol. The van der Waals surface area contributed by atoms with E-state index in [9.17, 15) is 4.79 Å². The van der Waals surface area contributed by atoms with Crippen LogP contribution in [0.1, 0.15) is 25.5 Å². The lowest BCUT2D eigenvalue weighted by Crippen LogP contribution is -2.40. The van der Waals surface area contributed by atoms with Gasteiger partial charge in [-0.2, -0.15) is 0 Å². The highest BCUT2D eigenvalue weighted by atomic mass is 32.1. The van der Waals surface area contributed by atoms with Gasteiger partial charge in [-0.3, -0.25) is 9.69 Å². The van der Waals surface area contributed by atoms with E-state index in [-0.39, 0.29) is 5.91 Å². The van der Waals surface area contributed by atoms with Crippen LogP contribution in [-0.2, 0) is 11.3 Å². The quantitative estimate of drug-likeness (QED) is 0.845. The minimum Gasteiger partial charge on any atom is -0.356 e. The molecule has 2 aromatic rings. The van der Waals surface area contributed by atoms with Gasteiger partial charge in [-0.1, -0.05) is 18.2 Å². The van der Waals surface area contributed by atoms with Crippen LogP contribution in [0.5, 0.6) is 0 Å². The number of hydrogen-bond acceptors (Lipinski definition) is 5. The topological polar surface area (TPSA) is 57.3 Å². The maximum absolute atomic E-state index is 11.1. The minimum atomic E-state index is 0.0586. The van der Waals surface area contributed by atoms with Crippen molar-refractivity contribution in [2.24, 2.45) is 5.92 Å². The van der Waals surface area contributed by atoms with Gasteiger partial charge in [0.15, 0.2) is 5.13 Å². The number of carbonyl (C=O) groups excluding carboxylic acids is 1. The summed E-state index contributed by atoms with van der Waals surface area (Å²) < 4.78 is 0. The predicted molar refractivity (Wildman–Crippen MR) is 98.5 cm³/mol. The molecule has 1 saturated heterocycles. The number of para-hydroxylation sites is 1. The number of anilines is 2. The van der Waals surface area contributed by atoms with E-state index in [4.69, 9.17) is 4.98 Å². The van der Waals surface area contributed by atoms with Crippen molar-refractivity contribution >= 4 is 28.1 Å². The molecule has 24 heavy (non-hydrogen) atoms. The van der Waals surface area contributed by atoms with Crippen LogP contribution in [0.3, 0.4) is 0 Å². The SMILES string of the molecule is CC(=O)NCC1CCCN(Cc2csc(Nc3ccccc3)n2)C1. The van der Waals surface area contributed by atoms with Crippen molar-refractivity contribution in [1.29, 1.82) is 0 Å². The first kappa shape index (κ1) is 16.9. The second-order valence-corrected chi connectivity index (χ2v) is 7.17. The van der Waals surface area contributed by atoms with Crippen molar-refractivity contribution in [3.8, 4) is 0 Å². The Morgan fingerprint density at radius 2 is 2.21 bits per heavy atom. The van der Waals surface area contributed by atoms with Gasteiger partial charge in [0.05, 0.1) is 5.69 Å². The molecule has 1 aromatic heterocycles. The van der Waals surface area contributed by atoms with Crippen LogP contribution in [-0.4, -0.2) is 35.4 Å². The Bertz CT molecular complexity index is 658. The number of piperidine rings is 1. The summed E-state index contributed by atoms with van der Waals surface area (Å²) in [6.45, 7) is 5.37. The third-order valence-electron chi connectivity index (χ3n) is 4.21. The number of nitrogens with zero attached hydrogens (tertiary/aromatic N) is 2. The van der Waals surface area contributed by atoms with Gasteiger partial charge in [-0.05, 0) is 37.4 Å². The molecular formula is C18H24N4OS. The summed E-state index contributed by atoms with van der Waals surface area (Å²) in [6, 6.07) is 10.1. The molecule has 0 bridgehead atoms. The third kappa shape index (κ3) is 5.04. The molecule has 3 rings (SSSR count). The zero-order chi connectivity index (χ0) is 16.8. The Kier molecular flexibility index (Phi) is 5.82. The van der Waals surface area contributed by atoms with Crippen LogP contribution >= 0.6 is 11.3 Å². The van der Waals surface area contributed by atoms with Gasteiger partial charge in [0.1, 0.15) is 0 Å². The average Bonchev–Trinajstić information content (AvgIpc) is 3.01. The molecule has 1 aliphatic heterocycles. The summed E-state index contributed by atoms with van der Waals surface area (Å²) in [6.07, 6.45) is 2.37. The number of carbonyl (C=O) groups is 1. The molecule has 0 aliphatic carbocycles. The summed E-state index contributed by atoms with van der Waals surface area (Å²) in [7, 11) is 0. The second kappa shape index (κ2) is 8.26. The summed E-state index contributed by atoms with van der Waals surface area (Å²) in [4.78, 5) is 18.2. The molecule has 6 heteroatoms. The molecule has 1 fully saturated rings. The fourth-order valence-electron chi connectivity index (χ4n) is 3.06. The molecular weight excluding hydrogens is 320 g/mol. The van der Waals surface area contributed by atoms with Crippen molar-refractivity contribution in [2.75, 3.05) is 25.0 Å². The van der Waals surface area contributed by atoms with Crippen LogP contribution in [0.25, 0.3) is 0 Å². The van der Waals surface area contributed by atoms with Crippen molar-refractivity contribution < 1.29 is 4.79 Å². The molecule has 1 atom stereocenters. The van der Waals surface area contributed by atoms with Gasteiger partial charge in [0.2, 0.25) is 5.91 Å². The number of nitrogens with one attached hydrogen (secondary N) is 2. The number of aromatic nitrogens is 1. The number of thiazole rings is 1. The molecule has 5 nitrogen and oxygen atoms in total. The Morgan fingerprint density at radius 1 is 1.38 bits per heavy atom. The monoisotopic (exact) mass is 344 g/mol. The summed E-state index contributed by atoms with van der Waals surface area (Å²) >= 11 is 1.64. The number of amides is 1. The lowest BCUT2D eigenvalue weighted by molar-refractivity contribution is -0.119. The number of hydrogen-bond donors (Lipinski definition) is 2. The smallest absolute Gasteiger partial charge is 0.216 e. The molecule has 1 amide bonds. The minimum absolute atomic E-state index is 0.0586. The molecule has 2 N–H and O–H groups in total. The van der Waals surface area contributed by atoms with E-state index in [0.717, 1.165) is 42.7 Å². The van der Waals surface area contributed by atoms with Crippen LogP contribution in [0.15, 0.2) is 35.7 Å². The molecule has 128 valence electrons. The molecule has 2 heterocycles. The van der Waals surface area contributed by atoms with Gasteiger partial charge in [-0.25, -0.2) is 4.98 Å². The fourth-order valence-corrected chi connectivity index (χ4v) is 3.78. The molecule has 0 saturated carbocycles. The first-order valence-electron chi connectivity index (χ1n) is 8.42. The van der Waals surface area contributed by atoms with Gasteiger partial charge in [-0.15, -0.1) is 11.3 Å². The van der Waals surface area contributed by atoms with Crippen LogP contribution in [0, 0.1) is 5.92 Å². The van der Waals surface area contributed by atoms with Gasteiger partial charge >= 0.3 is 0 Å². The van der Waals surface area contributed by atoms with Crippen molar-refractivity contribution in [3.05, 3.63) is 41.4 Å². The van der Waals surface area contributed by atoms with Gasteiger partial charge in [0.25, 0.3) is 0 Å². The lowest BCUT2D eigenvalue weighted by atomic mass is 9.98. The number of likely N-dealkylation sites (tertiary alicyclic amines) is 1. The normalized spacial score (nSPS) is 18.3. The zero-order valence-electron chi connectivity index (χ0n) is 14.0. The number of rotatable bonds is 6. The highest BCUT2D eigenvalue weighted by molar-refractivity contribution is 7.13. The molecule has 1 aromatic carbocycles. The largest absolute Gasteiger partial charge is 0.356 e. The lowest BCUT2D eigenvalue weighted by Gasteiger charge is -2.32. The Morgan fingerprint density at radius 3 is 3.00 bits per heavy atom. The van der Waals surface area contributed by atoms with E-state index in [1.54, 1.807) is 18.3 Å². The van der Waals surface area contributed by atoms with Crippen molar-refractivity contribution in [1.82, 2.24) is 15.2 Å². The van der Waals surface area contributed by atoms with Crippen molar-refractivity contribution in [3.63, 3.8) is 0 Å². The second-order valence-electron chi connectivity index (χ2n) is 6.32. The van der Waals surface area contributed by atoms with Gasteiger partial charge < -0.3 is 10.6 Å². The maximum atomic E-state index is 11.1. The standard InChI is InChI=1S/C18H24N4OS/c1-14(23)19-10-15-6-5-9-22(11-15)12-17-13-24-18(21-17)20-16-7-3-2-4-8-16/h2-4,7-8,13,15H,5-6,9-12H2,1H3,(H,19,23)(H,20,21). The predicted octanol–water partition coefficient (Wildman–Crippen LogP) is 3.23. The van der Waals surface area contributed by atoms with Gasteiger partial charge in [0, 0.05) is 37.6 Å². The summed E-state index contributed by atoms with van der Waals surface area (Å²) in [5.41, 5.74) is 2.17. The summed E-state index contributed by atoms with van der Waals surface area (Å²) in [5.74, 6) is 0.603. The van der Waals surface area contributed by atoms with Crippen LogP contribution in [0.4, 0.5) is 10.8 Å². The molecule has 0 radical (unpaired) electrons. The van der Waals surface area contributed by atoms with Crippen molar-refractivity contribution in [2.45, 2.75) is 26.3 Å². The third-order valence-corrected chi connectivity index (χ3v) is 5.01. The van der Waals surface area contributed by atoms with E-state index in [1.807, 2.05) is 30.3 Å². The Hall–Kier alpha value is -1.92. The van der Waals surface area contributed by atoms with E-state index >= 15 is 0 Å². The fraction of sp³-hybridized carbons (Fsp3) is 0.444. The van der Waals surface area contributed by atoms with Crippen LogP contribution < -0.4 is 10.6 Å². The maximum Gasteiger partial charge on any atom is 0.216 e. The molecule has 1 unspecified atom stereocenters.